The number of para-hydroxylation sites is 1. The highest BCUT2D eigenvalue weighted by Gasteiger charge is 2.28. The van der Waals surface area contributed by atoms with Crippen LogP contribution in [0.1, 0.15) is 25.5 Å². The van der Waals surface area contributed by atoms with E-state index in [9.17, 15) is 9.59 Å². The number of anilines is 1. The van der Waals surface area contributed by atoms with Gasteiger partial charge in [-0.15, -0.1) is 0 Å². The maximum Gasteiger partial charge on any atom is 0.249 e. The van der Waals surface area contributed by atoms with Crippen LogP contribution in [0.15, 0.2) is 53.1 Å². The zero-order valence-electron chi connectivity index (χ0n) is 14.9. The number of nitrogens with zero attached hydrogens (tertiary/aromatic N) is 1. The van der Waals surface area contributed by atoms with Crippen molar-refractivity contribution in [2.45, 2.75) is 32.4 Å². The fourth-order valence-electron chi connectivity index (χ4n) is 3.05. The normalized spacial score (nSPS) is 16.0. The Hall–Kier alpha value is -2.60. The van der Waals surface area contributed by atoms with Gasteiger partial charge in [-0.25, -0.2) is 0 Å². The summed E-state index contributed by atoms with van der Waals surface area (Å²) in [6, 6.07) is 12.4. The number of furan rings is 1. The third-order valence-corrected chi connectivity index (χ3v) is 4.55. The second-order valence-corrected chi connectivity index (χ2v) is 6.46. The molecule has 2 aromatic rings. The summed E-state index contributed by atoms with van der Waals surface area (Å²) in [6.07, 6.45) is 2.97. The SMILES string of the molecule is CC(NC(=O)C1CCOCC1)C(=O)N(Cc1ccco1)c1ccccc1. The van der Waals surface area contributed by atoms with Gasteiger partial charge >= 0.3 is 0 Å². The standard InChI is InChI=1S/C20H24N2O4/c1-15(21-19(23)16-9-12-25-13-10-16)20(24)22(14-18-8-5-11-26-18)17-6-3-2-4-7-17/h2-8,11,15-16H,9-10,12-14H2,1H3,(H,21,23). The van der Waals surface area contributed by atoms with Gasteiger partial charge in [0.25, 0.3) is 0 Å². The fraction of sp³-hybridized carbons (Fsp3) is 0.400. The van der Waals surface area contributed by atoms with E-state index in [1.54, 1.807) is 24.2 Å². The molecule has 6 nitrogen and oxygen atoms in total. The van der Waals surface area contributed by atoms with Crippen LogP contribution in [0.4, 0.5) is 5.69 Å². The number of hydrogen-bond donors (Lipinski definition) is 1. The van der Waals surface area contributed by atoms with E-state index in [0.717, 1.165) is 5.69 Å². The van der Waals surface area contributed by atoms with Crippen molar-refractivity contribution < 1.29 is 18.7 Å². The van der Waals surface area contributed by atoms with Crippen molar-refractivity contribution in [2.24, 2.45) is 5.92 Å². The number of rotatable bonds is 6. The summed E-state index contributed by atoms with van der Waals surface area (Å²) in [5.74, 6) is 0.340. The fourth-order valence-corrected chi connectivity index (χ4v) is 3.05. The van der Waals surface area contributed by atoms with Crippen LogP contribution < -0.4 is 10.2 Å². The van der Waals surface area contributed by atoms with Gasteiger partial charge in [0.2, 0.25) is 11.8 Å². The predicted molar refractivity (Wildman–Crippen MR) is 97.5 cm³/mol. The van der Waals surface area contributed by atoms with Crippen LogP contribution >= 0.6 is 0 Å². The van der Waals surface area contributed by atoms with Crippen LogP contribution in [0.5, 0.6) is 0 Å². The zero-order valence-corrected chi connectivity index (χ0v) is 14.9. The lowest BCUT2D eigenvalue weighted by molar-refractivity contribution is -0.131. The summed E-state index contributed by atoms with van der Waals surface area (Å²) in [6.45, 7) is 3.22. The van der Waals surface area contributed by atoms with Crippen molar-refractivity contribution in [1.82, 2.24) is 5.32 Å². The average Bonchev–Trinajstić information content (AvgIpc) is 3.20. The van der Waals surface area contributed by atoms with Crippen LogP contribution in [0.3, 0.4) is 0 Å². The average molecular weight is 356 g/mol. The number of ether oxygens (including phenoxy) is 1. The molecule has 1 aliphatic heterocycles. The van der Waals surface area contributed by atoms with E-state index >= 15 is 0 Å². The molecule has 1 fully saturated rings. The van der Waals surface area contributed by atoms with Crippen molar-refractivity contribution in [2.75, 3.05) is 18.1 Å². The van der Waals surface area contributed by atoms with Crippen LogP contribution in [-0.2, 0) is 20.9 Å². The molecule has 1 unspecified atom stereocenters. The van der Waals surface area contributed by atoms with Crippen LogP contribution in [0.25, 0.3) is 0 Å². The van der Waals surface area contributed by atoms with Gasteiger partial charge in [0.05, 0.1) is 12.8 Å². The monoisotopic (exact) mass is 356 g/mol. The second kappa shape index (κ2) is 8.67. The first-order valence-corrected chi connectivity index (χ1v) is 8.92. The van der Waals surface area contributed by atoms with Gasteiger partial charge in [0, 0.05) is 24.8 Å². The Morgan fingerprint density at radius 2 is 1.88 bits per heavy atom. The largest absolute Gasteiger partial charge is 0.467 e. The summed E-state index contributed by atoms with van der Waals surface area (Å²) in [4.78, 5) is 27.1. The maximum atomic E-state index is 13.0. The molecule has 2 heterocycles. The molecule has 1 atom stereocenters. The molecule has 2 amide bonds. The molecule has 0 saturated carbocycles. The summed E-state index contributed by atoms with van der Waals surface area (Å²) in [5, 5.41) is 2.86. The van der Waals surface area contributed by atoms with Gasteiger partial charge in [-0.2, -0.15) is 0 Å². The lowest BCUT2D eigenvalue weighted by Gasteiger charge is -2.27. The molecule has 0 aliphatic carbocycles. The summed E-state index contributed by atoms with van der Waals surface area (Å²) < 4.78 is 10.7. The number of carbonyl (C=O) groups excluding carboxylic acids is 2. The van der Waals surface area contributed by atoms with Gasteiger partial charge in [-0.05, 0) is 44.0 Å². The molecule has 1 aromatic carbocycles. The lowest BCUT2D eigenvalue weighted by atomic mass is 9.99. The van der Waals surface area contributed by atoms with Crippen LogP contribution in [-0.4, -0.2) is 31.1 Å². The molecule has 0 spiro atoms. The Balaban J connectivity index is 1.70. The molecule has 26 heavy (non-hydrogen) atoms. The second-order valence-electron chi connectivity index (χ2n) is 6.46. The molecule has 0 radical (unpaired) electrons. The van der Waals surface area contributed by atoms with E-state index in [-0.39, 0.29) is 17.7 Å². The first-order chi connectivity index (χ1) is 12.6. The summed E-state index contributed by atoms with van der Waals surface area (Å²) in [5.41, 5.74) is 0.765. The van der Waals surface area contributed by atoms with Crippen molar-refractivity contribution in [3.8, 4) is 0 Å². The van der Waals surface area contributed by atoms with Crippen molar-refractivity contribution in [1.29, 1.82) is 0 Å². The molecular formula is C20H24N2O4. The molecule has 1 aliphatic rings. The minimum absolute atomic E-state index is 0.0832. The van der Waals surface area contributed by atoms with E-state index in [4.69, 9.17) is 9.15 Å². The van der Waals surface area contributed by atoms with Gasteiger partial charge < -0.3 is 19.4 Å². The number of carbonyl (C=O) groups is 2. The van der Waals surface area contributed by atoms with E-state index in [1.807, 2.05) is 36.4 Å². The predicted octanol–water partition coefficient (Wildman–Crippen LogP) is 2.74. The molecule has 0 bridgehead atoms. The Morgan fingerprint density at radius 1 is 1.15 bits per heavy atom. The van der Waals surface area contributed by atoms with Crippen molar-refractivity contribution in [3.63, 3.8) is 0 Å². The molecule has 1 N–H and O–H groups in total. The first kappa shape index (κ1) is 18.2. The topological polar surface area (TPSA) is 71.8 Å². The summed E-state index contributed by atoms with van der Waals surface area (Å²) >= 11 is 0. The highest BCUT2D eigenvalue weighted by molar-refractivity contribution is 5.99. The highest BCUT2D eigenvalue weighted by atomic mass is 16.5. The first-order valence-electron chi connectivity index (χ1n) is 8.92. The van der Waals surface area contributed by atoms with E-state index in [1.165, 1.54) is 0 Å². The third-order valence-electron chi connectivity index (χ3n) is 4.55. The van der Waals surface area contributed by atoms with Crippen LogP contribution in [0.2, 0.25) is 0 Å². The molecule has 6 heteroatoms. The quantitative estimate of drug-likeness (QED) is 0.864. The Kier molecular flexibility index (Phi) is 6.07. The number of benzene rings is 1. The minimum atomic E-state index is -0.625. The highest BCUT2D eigenvalue weighted by Crippen LogP contribution is 2.19. The van der Waals surface area contributed by atoms with Gasteiger partial charge in [-0.1, -0.05) is 18.2 Å². The van der Waals surface area contributed by atoms with E-state index < -0.39 is 6.04 Å². The van der Waals surface area contributed by atoms with Crippen molar-refractivity contribution >= 4 is 17.5 Å². The Morgan fingerprint density at radius 3 is 2.54 bits per heavy atom. The summed E-state index contributed by atoms with van der Waals surface area (Å²) in [7, 11) is 0. The third kappa shape index (κ3) is 4.52. The smallest absolute Gasteiger partial charge is 0.249 e. The Labute approximate surface area is 153 Å². The molecular weight excluding hydrogens is 332 g/mol. The van der Waals surface area contributed by atoms with Gasteiger partial charge in [0.1, 0.15) is 11.8 Å². The van der Waals surface area contributed by atoms with Gasteiger partial charge in [0.15, 0.2) is 0 Å². The maximum absolute atomic E-state index is 13.0. The molecule has 1 aromatic heterocycles. The number of nitrogens with one attached hydrogen (secondary N) is 1. The molecule has 1 saturated heterocycles. The Bertz CT molecular complexity index is 709. The van der Waals surface area contributed by atoms with E-state index in [0.29, 0.717) is 38.4 Å². The van der Waals surface area contributed by atoms with E-state index in [2.05, 4.69) is 5.32 Å². The van der Waals surface area contributed by atoms with Crippen molar-refractivity contribution in [3.05, 3.63) is 54.5 Å². The zero-order chi connectivity index (χ0) is 18.4. The minimum Gasteiger partial charge on any atom is -0.467 e. The number of amides is 2. The van der Waals surface area contributed by atoms with Crippen LogP contribution in [0, 0.1) is 5.92 Å². The lowest BCUT2D eigenvalue weighted by Crippen LogP contribution is -2.49. The number of hydrogen-bond acceptors (Lipinski definition) is 4. The van der Waals surface area contributed by atoms with Gasteiger partial charge in [-0.3, -0.25) is 9.59 Å². The molecule has 138 valence electrons. The molecule has 3 rings (SSSR count).